The molecule has 72 valence electrons. The summed E-state index contributed by atoms with van der Waals surface area (Å²) in [6.45, 7) is 0. The molecule has 14 heavy (non-hydrogen) atoms. The van der Waals surface area contributed by atoms with Crippen molar-refractivity contribution < 1.29 is 0 Å². The summed E-state index contributed by atoms with van der Waals surface area (Å²) in [6, 6.07) is 5.43. The van der Waals surface area contributed by atoms with Crippen molar-refractivity contribution in [2.24, 2.45) is 0 Å². The third kappa shape index (κ3) is 2.20. The molecule has 5 heteroatoms. The number of hydrogen-bond donors (Lipinski definition) is 1. The molecule has 0 fully saturated rings. The lowest BCUT2D eigenvalue weighted by molar-refractivity contribution is 1.25. The molecule has 0 radical (unpaired) electrons. The molecule has 2 N–H and O–H groups in total. The van der Waals surface area contributed by atoms with E-state index < -0.39 is 0 Å². The number of nitrogens with zero attached hydrogens (tertiary/aromatic N) is 1. The quantitative estimate of drug-likeness (QED) is 0.819. The summed E-state index contributed by atoms with van der Waals surface area (Å²) in [5, 5.41) is 2.63. The maximum Gasteiger partial charge on any atom is 0.154 e. The minimum atomic E-state index is 0.693. The van der Waals surface area contributed by atoms with E-state index in [0.717, 1.165) is 14.9 Å². The Morgan fingerprint density at radius 3 is 3.00 bits per heavy atom. The molecule has 0 unspecified atom stereocenters. The van der Waals surface area contributed by atoms with Crippen LogP contribution in [0.2, 0.25) is 5.02 Å². The van der Waals surface area contributed by atoms with Gasteiger partial charge in [0, 0.05) is 27.2 Å². The van der Waals surface area contributed by atoms with Crippen LogP contribution >= 0.6 is 34.7 Å². The summed E-state index contributed by atoms with van der Waals surface area (Å²) in [5.74, 6) is 0. The minimum Gasteiger partial charge on any atom is -0.398 e. The fourth-order valence-electron chi connectivity index (χ4n) is 0.951. The fourth-order valence-corrected chi connectivity index (χ4v) is 2.85. The first-order valence-corrected chi connectivity index (χ1v) is 5.95. The second-order valence-corrected chi connectivity index (χ2v) is 5.20. The van der Waals surface area contributed by atoms with E-state index in [9.17, 15) is 0 Å². The van der Waals surface area contributed by atoms with Crippen LogP contribution in [0, 0.1) is 0 Å². The van der Waals surface area contributed by atoms with Crippen LogP contribution in [0.3, 0.4) is 0 Å². The van der Waals surface area contributed by atoms with Gasteiger partial charge >= 0.3 is 0 Å². The average molecular weight is 243 g/mol. The molecule has 2 aromatic rings. The maximum absolute atomic E-state index is 5.87. The van der Waals surface area contributed by atoms with Crippen molar-refractivity contribution in [1.82, 2.24) is 4.98 Å². The van der Waals surface area contributed by atoms with Crippen molar-refractivity contribution in [3.63, 3.8) is 0 Å². The summed E-state index contributed by atoms with van der Waals surface area (Å²) in [4.78, 5) is 5.12. The maximum atomic E-state index is 5.87. The Morgan fingerprint density at radius 1 is 1.43 bits per heavy atom. The molecule has 0 aliphatic rings. The van der Waals surface area contributed by atoms with Gasteiger partial charge in [0.1, 0.15) is 0 Å². The molecule has 0 saturated carbocycles. The van der Waals surface area contributed by atoms with Crippen molar-refractivity contribution in [3.8, 4) is 0 Å². The van der Waals surface area contributed by atoms with E-state index in [4.69, 9.17) is 17.3 Å². The zero-order valence-electron chi connectivity index (χ0n) is 7.11. The van der Waals surface area contributed by atoms with E-state index in [-0.39, 0.29) is 0 Å². The molecule has 0 amide bonds. The minimum absolute atomic E-state index is 0.693. The lowest BCUT2D eigenvalue weighted by atomic mass is 10.3. The van der Waals surface area contributed by atoms with Gasteiger partial charge in [0.15, 0.2) is 4.34 Å². The SMILES string of the molecule is Nc1ccc(Cl)cc1Sc1nccs1. The Morgan fingerprint density at radius 2 is 2.29 bits per heavy atom. The molecule has 1 aromatic heterocycles. The summed E-state index contributed by atoms with van der Waals surface area (Å²) in [6.07, 6.45) is 1.77. The van der Waals surface area contributed by atoms with Crippen LogP contribution in [0.4, 0.5) is 5.69 Å². The first kappa shape index (κ1) is 9.83. The highest BCUT2D eigenvalue weighted by Gasteiger charge is 2.04. The highest BCUT2D eigenvalue weighted by molar-refractivity contribution is 8.01. The number of thiazole rings is 1. The van der Waals surface area contributed by atoms with Gasteiger partial charge in [0.2, 0.25) is 0 Å². The number of hydrogen-bond acceptors (Lipinski definition) is 4. The summed E-state index contributed by atoms with van der Waals surface area (Å²) >= 11 is 8.99. The van der Waals surface area contributed by atoms with E-state index in [2.05, 4.69) is 4.98 Å². The van der Waals surface area contributed by atoms with Gasteiger partial charge in [-0.3, -0.25) is 0 Å². The fraction of sp³-hybridized carbons (Fsp3) is 0. The predicted octanol–water partition coefficient (Wildman–Crippen LogP) is 3.53. The molecule has 1 heterocycles. The molecule has 1 aromatic carbocycles. The van der Waals surface area contributed by atoms with Crippen molar-refractivity contribution in [2.45, 2.75) is 9.24 Å². The molecule has 0 spiro atoms. The first-order chi connectivity index (χ1) is 6.75. The number of benzene rings is 1. The molecule has 2 rings (SSSR count). The van der Waals surface area contributed by atoms with Crippen LogP contribution in [-0.2, 0) is 0 Å². The number of nitrogens with two attached hydrogens (primary N) is 1. The van der Waals surface area contributed by atoms with Crippen molar-refractivity contribution in [3.05, 3.63) is 34.8 Å². The van der Waals surface area contributed by atoms with Crippen molar-refractivity contribution in [2.75, 3.05) is 5.73 Å². The summed E-state index contributed by atoms with van der Waals surface area (Å²) < 4.78 is 0.971. The number of anilines is 1. The van der Waals surface area contributed by atoms with Gasteiger partial charge in [-0.1, -0.05) is 23.4 Å². The van der Waals surface area contributed by atoms with Crippen LogP contribution < -0.4 is 5.73 Å². The molecular formula is C9H7ClN2S2. The van der Waals surface area contributed by atoms with Crippen LogP contribution in [0.15, 0.2) is 39.0 Å². The highest BCUT2D eigenvalue weighted by atomic mass is 35.5. The van der Waals surface area contributed by atoms with Crippen molar-refractivity contribution >= 4 is 40.4 Å². The third-order valence-electron chi connectivity index (χ3n) is 1.58. The van der Waals surface area contributed by atoms with Gasteiger partial charge in [-0.25, -0.2) is 4.98 Å². The second-order valence-electron chi connectivity index (χ2n) is 2.58. The van der Waals surface area contributed by atoms with E-state index in [1.807, 2.05) is 11.4 Å². The van der Waals surface area contributed by atoms with Crippen molar-refractivity contribution in [1.29, 1.82) is 0 Å². The van der Waals surface area contributed by atoms with Crippen LogP contribution in [0.25, 0.3) is 0 Å². The molecule has 0 bridgehead atoms. The zero-order chi connectivity index (χ0) is 9.97. The summed E-state index contributed by atoms with van der Waals surface area (Å²) in [7, 11) is 0. The summed E-state index contributed by atoms with van der Waals surface area (Å²) in [5.41, 5.74) is 6.53. The van der Waals surface area contributed by atoms with Crippen LogP contribution in [0.5, 0.6) is 0 Å². The molecule has 0 aliphatic carbocycles. The average Bonchev–Trinajstić information content (AvgIpc) is 2.64. The Balaban J connectivity index is 2.28. The Labute approximate surface area is 95.1 Å². The third-order valence-corrected chi connectivity index (χ3v) is 3.77. The van der Waals surface area contributed by atoms with Gasteiger partial charge in [0.05, 0.1) is 0 Å². The largest absolute Gasteiger partial charge is 0.398 e. The van der Waals surface area contributed by atoms with E-state index in [1.165, 1.54) is 11.8 Å². The number of aromatic nitrogens is 1. The molecule has 0 saturated heterocycles. The van der Waals surface area contributed by atoms with Gasteiger partial charge in [-0.2, -0.15) is 0 Å². The van der Waals surface area contributed by atoms with Gasteiger partial charge < -0.3 is 5.73 Å². The van der Waals surface area contributed by atoms with E-state index in [0.29, 0.717) is 5.02 Å². The Hall–Kier alpha value is -0.710. The van der Waals surface area contributed by atoms with E-state index >= 15 is 0 Å². The van der Waals surface area contributed by atoms with Crippen LogP contribution in [-0.4, -0.2) is 4.98 Å². The predicted molar refractivity (Wildman–Crippen MR) is 62.1 cm³/mol. The van der Waals surface area contributed by atoms with Gasteiger partial charge in [-0.15, -0.1) is 11.3 Å². The monoisotopic (exact) mass is 242 g/mol. The van der Waals surface area contributed by atoms with Gasteiger partial charge in [0.25, 0.3) is 0 Å². The molecule has 2 nitrogen and oxygen atoms in total. The molecule has 0 atom stereocenters. The first-order valence-electron chi connectivity index (χ1n) is 3.88. The van der Waals surface area contributed by atoms with E-state index in [1.54, 1.807) is 29.7 Å². The number of halogens is 1. The number of nitrogen functional groups attached to an aromatic ring is 1. The Kier molecular flexibility index (Phi) is 2.96. The lowest BCUT2D eigenvalue weighted by Crippen LogP contribution is -1.87. The normalized spacial score (nSPS) is 10.4. The standard InChI is InChI=1S/C9H7ClN2S2/c10-6-1-2-7(11)8(5-6)14-9-12-3-4-13-9/h1-5H,11H2. The molecular weight excluding hydrogens is 236 g/mol. The topological polar surface area (TPSA) is 38.9 Å². The lowest BCUT2D eigenvalue weighted by Gasteiger charge is -2.02. The zero-order valence-corrected chi connectivity index (χ0v) is 9.49. The molecule has 0 aliphatic heterocycles. The van der Waals surface area contributed by atoms with Crippen LogP contribution in [0.1, 0.15) is 0 Å². The van der Waals surface area contributed by atoms with Gasteiger partial charge in [-0.05, 0) is 18.2 Å². The highest BCUT2D eigenvalue weighted by Crippen LogP contribution is 2.34. The Bertz CT molecular complexity index is 428. The smallest absolute Gasteiger partial charge is 0.154 e. The second kappa shape index (κ2) is 4.21. The number of rotatable bonds is 2.